The first-order valence-corrected chi connectivity index (χ1v) is 8.90. The van der Waals surface area contributed by atoms with Gasteiger partial charge in [0.2, 0.25) is 5.91 Å². The van der Waals surface area contributed by atoms with Crippen molar-refractivity contribution in [3.63, 3.8) is 0 Å². The minimum Gasteiger partial charge on any atom is -0.375 e. The maximum absolute atomic E-state index is 12.0. The van der Waals surface area contributed by atoms with Gasteiger partial charge >= 0.3 is 0 Å². The molecule has 1 fully saturated rings. The number of hydrogen-bond donors (Lipinski definition) is 0. The van der Waals surface area contributed by atoms with Crippen LogP contribution in [-0.2, 0) is 16.1 Å². The van der Waals surface area contributed by atoms with Crippen molar-refractivity contribution in [3.05, 3.63) is 60.2 Å². The van der Waals surface area contributed by atoms with Crippen LogP contribution in [0.3, 0.4) is 0 Å². The highest BCUT2D eigenvalue weighted by Gasteiger charge is 2.19. The number of carbonyl (C=O) groups is 1. The predicted molar refractivity (Wildman–Crippen MR) is 100 cm³/mol. The Balaban J connectivity index is 1.68. The fourth-order valence-electron chi connectivity index (χ4n) is 3.39. The standard InChI is InChI=1S/C21H26N2O2/c1-25-17-21(24)23-13-7-12-22(14-15-23)16-19-10-5-6-11-20(19)18-8-3-2-4-9-18/h2-6,8-11H,7,12-17H2,1H3. The van der Waals surface area contributed by atoms with E-state index in [2.05, 4.69) is 53.4 Å². The minimum absolute atomic E-state index is 0.0917. The van der Waals surface area contributed by atoms with E-state index in [4.69, 9.17) is 4.74 Å². The van der Waals surface area contributed by atoms with E-state index in [1.165, 1.54) is 16.7 Å². The Hall–Kier alpha value is -2.17. The second-order valence-electron chi connectivity index (χ2n) is 6.47. The highest BCUT2D eigenvalue weighted by atomic mass is 16.5. The monoisotopic (exact) mass is 338 g/mol. The van der Waals surface area contributed by atoms with E-state index in [-0.39, 0.29) is 12.5 Å². The molecule has 2 aromatic rings. The summed E-state index contributed by atoms with van der Waals surface area (Å²) in [6, 6.07) is 19.1. The third-order valence-corrected chi connectivity index (χ3v) is 4.71. The van der Waals surface area contributed by atoms with E-state index in [9.17, 15) is 4.79 Å². The first-order chi connectivity index (χ1) is 12.3. The van der Waals surface area contributed by atoms with E-state index in [1.807, 2.05) is 11.0 Å². The Bertz CT molecular complexity index is 687. The van der Waals surface area contributed by atoms with Crippen LogP contribution < -0.4 is 0 Å². The van der Waals surface area contributed by atoms with Crippen LogP contribution in [0.5, 0.6) is 0 Å². The molecule has 0 aromatic heterocycles. The molecule has 0 saturated carbocycles. The zero-order valence-electron chi connectivity index (χ0n) is 14.9. The molecule has 0 atom stereocenters. The molecule has 3 rings (SSSR count). The van der Waals surface area contributed by atoms with Gasteiger partial charge in [0.25, 0.3) is 0 Å². The summed E-state index contributed by atoms with van der Waals surface area (Å²) in [6.45, 7) is 4.60. The molecule has 0 spiro atoms. The van der Waals surface area contributed by atoms with Crippen molar-refractivity contribution in [3.8, 4) is 11.1 Å². The SMILES string of the molecule is COCC(=O)N1CCCN(Cc2ccccc2-c2ccccc2)CC1. The molecule has 4 nitrogen and oxygen atoms in total. The van der Waals surface area contributed by atoms with Crippen molar-refractivity contribution >= 4 is 5.91 Å². The summed E-state index contributed by atoms with van der Waals surface area (Å²) in [4.78, 5) is 16.4. The molecule has 0 radical (unpaired) electrons. The average molecular weight is 338 g/mol. The zero-order chi connectivity index (χ0) is 17.5. The molecule has 2 aromatic carbocycles. The van der Waals surface area contributed by atoms with Gasteiger partial charge in [-0.25, -0.2) is 0 Å². The van der Waals surface area contributed by atoms with Gasteiger partial charge in [0.15, 0.2) is 0 Å². The summed E-state index contributed by atoms with van der Waals surface area (Å²) in [5, 5.41) is 0. The number of ether oxygens (including phenoxy) is 1. The molecule has 25 heavy (non-hydrogen) atoms. The van der Waals surface area contributed by atoms with Crippen molar-refractivity contribution in [2.24, 2.45) is 0 Å². The summed E-state index contributed by atoms with van der Waals surface area (Å²) in [6.07, 6.45) is 1.00. The summed E-state index contributed by atoms with van der Waals surface area (Å²) in [5.74, 6) is 0.0917. The number of benzene rings is 2. The molecule has 0 aliphatic carbocycles. The second kappa shape index (κ2) is 8.79. The van der Waals surface area contributed by atoms with Crippen molar-refractivity contribution in [1.29, 1.82) is 0 Å². The predicted octanol–water partition coefficient (Wildman–Crippen LogP) is 3.03. The van der Waals surface area contributed by atoms with E-state index in [1.54, 1.807) is 7.11 Å². The molecule has 0 unspecified atom stereocenters. The van der Waals surface area contributed by atoms with Crippen LogP contribution in [0.15, 0.2) is 54.6 Å². The maximum Gasteiger partial charge on any atom is 0.248 e. The van der Waals surface area contributed by atoms with Crippen LogP contribution in [0.25, 0.3) is 11.1 Å². The van der Waals surface area contributed by atoms with Gasteiger partial charge in [-0.1, -0.05) is 54.6 Å². The molecule has 0 N–H and O–H groups in total. The Kier molecular flexibility index (Phi) is 6.20. The van der Waals surface area contributed by atoms with Gasteiger partial charge in [0, 0.05) is 39.8 Å². The Labute approximate surface area is 150 Å². The van der Waals surface area contributed by atoms with Gasteiger partial charge in [-0.2, -0.15) is 0 Å². The quantitative estimate of drug-likeness (QED) is 0.840. The summed E-state index contributed by atoms with van der Waals surface area (Å²) >= 11 is 0. The van der Waals surface area contributed by atoms with E-state index < -0.39 is 0 Å². The van der Waals surface area contributed by atoms with Crippen LogP contribution in [0.1, 0.15) is 12.0 Å². The topological polar surface area (TPSA) is 32.8 Å². The minimum atomic E-state index is 0.0917. The van der Waals surface area contributed by atoms with Gasteiger partial charge in [-0.3, -0.25) is 9.69 Å². The van der Waals surface area contributed by atoms with Crippen LogP contribution in [0, 0.1) is 0 Å². The van der Waals surface area contributed by atoms with Crippen molar-refractivity contribution in [2.45, 2.75) is 13.0 Å². The van der Waals surface area contributed by atoms with Crippen LogP contribution in [-0.4, -0.2) is 55.6 Å². The lowest BCUT2D eigenvalue weighted by Gasteiger charge is -2.23. The molecule has 1 aliphatic heterocycles. The highest BCUT2D eigenvalue weighted by molar-refractivity contribution is 5.77. The van der Waals surface area contributed by atoms with Gasteiger partial charge in [-0.05, 0) is 23.1 Å². The molecule has 1 amide bonds. The Morgan fingerprint density at radius 3 is 2.52 bits per heavy atom. The number of amides is 1. The molecule has 4 heteroatoms. The van der Waals surface area contributed by atoms with Crippen LogP contribution in [0.2, 0.25) is 0 Å². The number of rotatable bonds is 5. The van der Waals surface area contributed by atoms with Crippen molar-refractivity contribution in [2.75, 3.05) is 39.9 Å². The fraction of sp³-hybridized carbons (Fsp3) is 0.381. The van der Waals surface area contributed by atoms with Crippen LogP contribution >= 0.6 is 0 Å². The smallest absolute Gasteiger partial charge is 0.248 e. The van der Waals surface area contributed by atoms with Gasteiger partial charge in [-0.15, -0.1) is 0 Å². The lowest BCUT2D eigenvalue weighted by Crippen LogP contribution is -2.37. The highest BCUT2D eigenvalue weighted by Crippen LogP contribution is 2.24. The second-order valence-corrected chi connectivity index (χ2v) is 6.47. The third-order valence-electron chi connectivity index (χ3n) is 4.71. The van der Waals surface area contributed by atoms with Gasteiger partial charge in [0.1, 0.15) is 6.61 Å². The molecule has 132 valence electrons. The van der Waals surface area contributed by atoms with Crippen molar-refractivity contribution < 1.29 is 9.53 Å². The Morgan fingerprint density at radius 1 is 0.960 bits per heavy atom. The van der Waals surface area contributed by atoms with E-state index in [0.29, 0.717) is 0 Å². The molecule has 1 saturated heterocycles. The number of methoxy groups -OCH3 is 1. The average Bonchev–Trinajstić information content (AvgIpc) is 2.89. The number of nitrogens with zero attached hydrogens (tertiary/aromatic N) is 2. The maximum atomic E-state index is 12.0. The van der Waals surface area contributed by atoms with Crippen LogP contribution in [0.4, 0.5) is 0 Å². The first-order valence-electron chi connectivity index (χ1n) is 8.90. The lowest BCUT2D eigenvalue weighted by molar-refractivity contribution is -0.135. The molecular formula is C21H26N2O2. The molecule has 0 bridgehead atoms. The lowest BCUT2D eigenvalue weighted by atomic mass is 9.99. The third kappa shape index (κ3) is 4.68. The number of carbonyl (C=O) groups excluding carboxylic acids is 1. The Morgan fingerprint density at radius 2 is 1.72 bits per heavy atom. The largest absolute Gasteiger partial charge is 0.375 e. The summed E-state index contributed by atoms with van der Waals surface area (Å²) < 4.78 is 4.98. The van der Waals surface area contributed by atoms with E-state index in [0.717, 1.165) is 39.1 Å². The van der Waals surface area contributed by atoms with Gasteiger partial charge in [0.05, 0.1) is 0 Å². The molecule has 1 heterocycles. The van der Waals surface area contributed by atoms with Gasteiger partial charge < -0.3 is 9.64 Å². The zero-order valence-corrected chi connectivity index (χ0v) is 14.9. The van der Waals surface area contributed by atoms with E-state index >= 15 is 0 Å². The normalized spacial score (nSPS) is 15.8. The van der Waals surface area contributed by atoms with Crippen molar-refractivity contribution in [1.82, 2.24) is 9.80 Å². The number of hydrogen-bond acceptors (Lipinski definition) is 3. The summed E-state index contributed by atoms with van der Waals surface area (Å²) in [7, 11) is 1.57. The summed E-state index contributed by atoms with van der Waals surface area (Å²) in [5.41, 5.74) is 3.88. The molecular weight excluding hydrogens is 312 g/mol. The fourth-order valence-corrected chi connectivity index (χ4v) is 3.39. The first kappa shape index (κ1) is 17.6. The molecule has 1 aliphatic rings.